The quantitative estimate of drug-likeness (QED) is 0.584. The topological polar surface area (TPSA) is 28.6 Å². The van der Waals surface area contributed by atoms with Crippen LogP contribution >= 0.6 is 0 Å². The molecule has 0 unspecified atom stereocenters. The van der Waals surface area contributed by atoms with E-state index in [0.29, 0.717) is 0 Å². The monoisotopic (exact) mass is 367 g/mol. The van der Waals surface area contributed by atoms with Gasteiger partial charge in [-0.2, -0.15) is 0 Å². The lowest BCUT2D eigenvalue weighted by atomic mass is 10.1. The van der Waals surface area contributed by atoms with Gasteiger partial charge in [0.15, 0.2) is 0 Å². The molecule has 0 amide bonds. The van der Waals surface area contributed by atoms with Gasteiger partial charge in [-0.15, -0.1) is 0 Å². The Balaban J connectivity index is 1.39. The van der Waals surface area contributed by atoms with E-state index in [0.717, 1.165) is 38.4 Å². The summed E-state index contributed by atoms with van der Waals surface area (Å²) in [6.45, 7) is 9.64. The zero-order valence-corrected chi connectivity index (χ0v) is 16.6. The van der Waals surface area contributed by atoms with Crippen molar-refractivity contribution in [2.24, 2.45) is 0 Å². The Kier molecular flexibility index (Phi) is 8.12. The van der Waals surface area contributed by atoms with Crippen molar-refractivity contribution in [3.8, 4) is 5.75 Å². The van der Waals surface area contributed by atoms with E-state index < -0.39 is 0 Å². The molecule has 3 rings (SSSR count). The second-order valence-corrected chi connectivity index (χ2v) is 7.41. The van der Waals surface area contributed by atoms with Gasteiger partial charge >= 0.3 is 0 Å². The summed E-state index contributed by atoms with van der Waals surface area (Å²) in [6.07, 6.45) is 8.95. The second-order valence-electron chi connectivity index (χ2n) is 7.41. The molecule has 1 saturated heterocycles. The van der Waals surface area contributed by atoms with Crippen LogP contribution in [0.15, 0.2) is 48.8 Å². The van der Waals surface area contributed by atoms with Crippen molar-refractivity contribution in [3.63, 3.8) is 0 Å². The van der Waals surface area contributed by atoms with Crippen molar-refractivity contribution in [2.45, 2.75) is 45.7 Å². The Morgan fingerprint density at radius 1 is 0.926 bits per heavy atom. The van der Waals surface area contributed by atoms with Gasteiger partial charge in [-0.1, -0.05) is 25.5 Å². The van der Waals surface area contributed by atoms with Gasteiger partial charge < -0.3 is 9.64 Å². The van der Waals surface area contributed by atoms with E-state index in [4.69, 9.17) is 4.74 Å². The third-order valence-corrected chi connectivity index (χ3v) is 5.27. The molecule has 4 heteroatoms. The maximum absolute atomic E-state index is 5.93. The summed E-state index contributed by atoms with van der Waals surface area (Å²) in [7, 11) is 0. The van der Waals surface area contributed by atoms with E-state index in [9.17, 15) is 0 Å². The first-order chi connectivity index (χ1) is 13.3. The number of benzene rings is 1. The van der Waals surface area contributed by atoms with Crippen LogP contribution in [0.3, 0.4) is 0 Å². The van der Waals surface area contributed by atoms with Gasteiger partial charge in [-0.3, -0.25) is 9.88 Å². The molecule has 0 bridgehead atoms. The van der Waals surface area contributed by atoms with E-state index in [2.05, 4.69) is 58.1 Å². The van der Waals surface area contributed by atoms with Crippen molar-refractivity contribution >= 4 is 0 Å². The molecule has 0 saturated carbocycles. The first-order valence-electron chi connectivity index (χ1n) is 10.4. The summed E-state index contributed by atoms with van der Waals surface area (Å²) in [5, 5.41) is 0. The zero-order valence-electron chi connectivity index (χ0n) is 16.6. The average Bonchev–Trinajstić information content (AvgIpc) is 2.73. The fourth-order valence-corrected chi connectivity index (χ4v) is 3.64. The van der Waals surface area contributed by atoms with Gasteiger partial charge in [0.2, 0.25) is 0 Å². The molecule has 1 aliphatic rings. The number of ether oxygens (including phenoxy) is 1. The van der Waals surface area contributed by atoms with Crippen LogP contribution in [0.2, 0.25) is 0 Å². The van der Waals surface area contributed by atoms with Crippen LogP contribution in [0.25, 0.3) is 0 Å². The fourth-order valence-electron chi connectivity index (χ4n) is 3.64. The van der Waals surface area contributed by atoms with E-state index in [1.54, 1.807) is 0 Å². The number of rotatable bonds is 10. The molecule has 1 aliphatic heterocycles. The van der Waals surface area contributed by atoms with Gasteiger partial charge in [-0.25, -0.2) is 0 Å². The molecule has 0 aliphatic carbocycles. The normalized spacial score (nSPS) is 15.2. The van der Waals surface area contributed by atoms with Crippen LogP contribution in [0.1, 0.15) is 43.7 Å². The molecule has 2 aromatic rings. The number of hydrogen-bond donors (Lipinski definition) is 0. The minimum absolute atomic E-state index is 0.805. The Bertz CT molecular complexity index is 638. The molecular formula is C23H33N3O. The van der Waals surface area contributed by atoms with E-state index in [1.807, 2.05) is 12.4 Å². The first-order valence-corrected chi connectivity index (χ1v) is 10.4. The predicted molar refractivity (Wildman–Crippen MR) is 111 cm³/mol. The highest BCUT2D eigenvalue weighted by Crippen LogP contribution is 2.16. The van der Waals surface area contributed by atoms with Gasteiger partial charge in [-0.05, 0) is 74.3 Å². The lowest BCUT2D eigenvalue weighted by Crippen LogP contribution is -2.31. The summed E-state index contributed by atoms with van der Waals surface area (Å²) in [5.41, 5.74) is 2.63. The largest absolute Gasteiger partial charge is 0.494 e. The Hall–Kier alpha value is -1.91. The summed E-state index contributed by atoms with van der Waals surface area (Å²) >= 11 is 0. The predicted octanol–water partition coefficient (Wildman–Crippen LogP) is 4.36. The summed E-state index contributed by atoms with van der Waals surface area (Å²) < 4.78 is 5.93. The van der Waals surface area contributed by atoms with Crippen molar-refractivity contribution in [2.75, 3.05) is 32.8 Å². The Labute approximate surface area is 164 Å². The summed E-state index contributed by atoms with van der Waals surface area (Å²) in [6, 6.07) is 12.8. The van der Waals surface area contributed by atoms with Gasteiger partial charge in [0.1, 0.15) is 5.75 Å². The number of likely N-dealkylation sites (tertiary alicyclic amines) is 1. The third kappa shape index (κ3) is 6.96. The number of pyridine rings is 1. The molecule has 1 fully saturated rings. The van der Waals surface area contributed by atoms with Crippen molar-refractivity contribution in [3.05, 3.63) is 59.9 Å². The smallest absolute Gasteiger partial charge is 0.119 e. The molecule has 27 heavy (non-hydrogen) atoms. The Morgan fingerprint density at radius 2 is 1.59 bits per heavy atom. The molecular weight excluding hydrogens is 334 g/mol. The van der Waals surface area contributed by atoms with E-state index in [-0.39, 0.29) is 0 Å². The number of aromatic nitrogens is 1. The van der Waals surface area contributed by atoms with Gasteiger partial charge in [0.25, 0.3) is 0 Å². The standard InChI is InChI=1S/C23H33N3O/c1-2-25(20-22-11-13-24-14-12-22)19-21-7-9-23(10-8-21)27-18-6-17-26-15-4-3-5-16-26/h7-14H,2-6,15-20H2,1H3. The highest BCUT2D eigenvalue weighted by molar-refractivity contribution is 5.27. The van der Waals surface area contributed by atoms with E-state index in [1.165, 1.54) is 50.0 Å². The first kappa shape index (κ1) is 19.8. The molecule has 146 valence electrons. The van der Waals surface area contributed by atoms with Crippen LogP contribution in [-0.2, 0) is 13.1 Å². The molecule has 1 aromatic carbocycles. The van der Waals surface area contributed by atoms with Crippen molar-refractivity contribution < 1.29 is 4.74 Å². The molecule has 0 radical (unpaired) electrons. The van der Waals surface area contributed by atoms with Crippen LogP contribution in [0.5, 0.6) is 5.75 Å². The highest BCUT2D eigenvalue weighted by Gasteiger charge is 2.09. The molecule has 2 heterocycles. The Morgan fingerprint density at radius 3 is 2.26 bits per heavy atom. The maximum Gasteiger partial charge on any atom is 0.119 e. The zero-order chi connectivity index (χ0) is 18.7. The van der Waals surface area contributed by atoms with Crippen LogP contribution < -0.4 is 4.74 Å². The number of hydrogen-bond acceptors (Lipinski definition) is 4. The number of nitrogens with zero attached hydrogens (tertiary/aromatic N) is 3. The summed E-state index contributed by atoms with van der Waals surface area (Å²) in [4.78, 5) is 9.10. The minimum atomic E-state index is 0.805. The molecule has 1 aromatic heterocycles. The van der Waals surface area contributed by atoms with E-state index >= 15 is 0 Å². The molecule has 0 atom stereocenters. The van der Waals surface area contributed by atoms with Crippen LogP contribution in [0.4, 0.5) is 0 Å². The average molecular weight is 368 g/mol. The van der Waals surface area contributed by atoms with Gasteiger partial charge in [0, 0.05) is 32.0 Å². The molecule has 0 spiro atoms. The molecule has 4 nitrogen and oxygen atoms in total. The number of piperidine rings is 1. The lowest BCUT2D eigenvalue weighted by molar-refractivity contribution is 0.205. The molecule has 0 N–H and O–H groups in total. The minimum Gasteiger partial charge on any atom is -0.494 e. The fraction of sp³-hybridized carbons (Fsp3) is 0.522. The SMILES string of the molecule is CCN(Cc1ccncc1)Cc1ccc(OCCCN2CCCCC2)cc1. The van der Waals surface area contributed by atoms with Crippen molar-refractivity contribution in [1.29, 1.82) is 0 Å². The van der Waals surface area contributed by atoms with Crippen molar-refractivity contribution in [1.82, 2.24) is 14.8 Å². The van der Waals surface area contributed by atoms with Gasteiger partial charge in [0.05, 0.1) is 6.61 Å². The second kappa shape index (κ2) is 11.1. The van der Waals surface area contributed by atoms with Crippen LogP contribution in [0, 0.1) is 0 Å². The highest BCUT2D eigenvalue weighted by atomic mass is 16.5. The maximum atomic E-state index is 5.93. The van der Waals surface area contributed by atoms with Crippen LogP contribution in [-0.4, -0.2) is 47.6 Å². The summed E-state index contributed by atoms with van der Waals surface area (Å²) in [5.74, 6) is 0.981. The lowest BCUT2D eigenvalue weighted by Gasteiger charge is -2.26. The third-order valence-electron chi connectivity index (χ3n) is 5.27.